The maximum absolute atomic E-state index is 11.6. The Hall–Kier alpha value is -1.14. The summed E-state index contributed by atoms with van der Waals surface area (Å²) in [6.45, 7) is 4.67. The summed E-state index contributed by atoms with van der Waals surface area (Å²) in [6.07, 6.45) is 1.89. The highest BCUT2D eigenvalue weighted by atomic mass is 16.3. The summed E-state index contributed by atoms with van der Waals surface area (Å²) in [5.41, 5.74) is 0. The van der Waals surface area contributed by atoms with E-state index in [2.05, 4.69) is 10.6 Å². The second kappa shape index (κ2) is 6.56. The first kappa shape index (κ1) is 13.9. The Morgan fingerprint density at radius 3 is 2.76 bits per heavy atom. The van der Waals surface area contributed by atoms with Gasteiger partial charge in [-0.2, -0.15) is 0 Å². The number of amides is 3. The van der Waals surface area contributed by atoms with Crippen LogP contribution in [0, 0.1) is 0 Å². The molecule has 17 heavy (non-hydrogen) atoms. The highest BCUT2D eigenvalue weighted by Gasteiger charge is 2.25. The van der Waals surface area contributed by atoms with Crippen molar-refractivity contribution in [2.45, 2.75) is 38.8 Å². The van der Waals surface area contributed by atoms with E-state index >= 15 is 0 Å². The first-order valence-electron chi connectivity index (χ1n) is 5.98. The van der Waals surface area contributed by atoms with Crippen LogP contribution in [0.3, 0.4) is 0 Å². The predicted molar refractivity (Wildman–Crippen MR) is 63.5 cm³/mol. The van der Waals surface area contributed by atoms with Crippen molar-refractivity contribution in [3.05, 3.63) is 0 Å². The van der Waals surface area contributed by atoms with E-state index in [9.17, 15) is 9.59 Å². The largest absolute Gasteiger partial charge is 0.395 e. The number of aliphatic hydroxyl groups is 1. The number of aliphatic hydroxyl groups excluding tert-OH is 1. The highest BCUT2D eigenvalue weighted by Crippen LogP contribution is 2.15. The molecule has 0 aromatic carbocycles. The Morgan fingerprint density at radius 1 is 1.47 bits per heavy atom. The zero-order chi connectivity index (χ0) is 12.8. The lowest BCUT2D eigenvalue weighted by Crippen LogP contribution is -2.47. The van der Waals surface area contributed by atoms with Crippen molar-refractivity contribution < 1.29 is 14.7 Å². The molecule has 0 aliphatic carbocycles. The molecule has 1 atom stereocenters. The molecule has 1 aliphatic heterocycles. The summed E-state index contributed by atoms with van der Waals surface area (Å²) in [4.78, 5) is 24.7. The van der Waals surface area contributed by atoms with E-state index in [4.69, 9.17) is 5.11 Å². The summed E-state index contributed by atoms with van der Waals surface area (Å²) in [7, 11) is 0. The average Bonchev–Trinajstić information content (AvgIpc) is 2.63. The Labute approximate surface area is 101 Å². The van der Waals surface area contributed by atoms with Gasteiger partial charge in [-0.3, -0.25) is 15.0 Å². The second-order valence-electron chi connectivity index (χ2n) is 4.63. The molecule has 0 aromatic heterocycles. The minimum absolute atomic E-state index is 0.000207. The quantitative estimate of drug-likeness (QED) is 0.632. The summed E-state index contributed by atoms with van der Waals surface area (Å²) in [5, 5.41) is 14.0. The molecule has 3 N–H and O–H groups in total. The molecule has 1 heterocycles. The summed E-state index contributed by atoms with van der Waals surface area (Å²) in [6, 6.07) is -0.418. The van der Waals surface area contributed by atoms with Crippen LogP contribution in [-0.4, -0.2) is 53.7 Å². The van der Waals surface area contributed by atoms with Gasteiger partial charge in [0.05, 0.1) is 13.2 Å². The number of rotatable bonds is 4. The molecule has 1 saturated heterocycles. The molecule has 1 rings (SSSR count). The molecule has 0 radical (unpaired) electrons. The molecule has 0 spiro atoms. The molecule has 0 saturated carbocycles. The van der Waals surface area contributed by atoms with E-state index < -0.39 is 6.03 Å². The predicted octanol–water partition coefficient (Wildman–Crippen LogP) is -0.323. The van der Waals surface area contributed by atoms with Crippen LogP contribution in [0.1, 0.15) is 26.7 Å². The average molecular weight is 243 g/mol. The van der Waals surface area contributed by atoms with E-state index in [0.29, 0.717) is 0 Å². The number of nitrogens with one attached hydrogen (secondary N) is 2. The van der Waals surface area contributed by atoms with Crippen LogP contribution in [0.15, 0.2) is 0 Å². The van der Waals surface area contributed by atoms with Crippen molar-refractivity contribution in [3.63, 3.8) is 0 Å². The Kier molecular flexibility index (Phi) is 5.37. The first-order chi connectivity index (χ1) is 8.02. The number of imide groups is 1. The van der Waals surface area contributed by atoms with Crippen LogP contribution in [0.25, 0.3) is 0 Å². The molecular weight excluding hydrogens is 222 g/mol. The van der Waals surface area contributed by atoms with Crippen molar-refractivity contribution in [1.29, 1.82) is 0 Å². The van der Waals surface area contributed by atoms with Crippen molar-refractivity contribution in [3.8, 4) is 0 Å². The summed E-state index contributed by atoms with van der Waals surface area (Å²) < 4.78 is 0. The second-order valence-corrected chi connectivity index (χ2v) is 4.63. The maximum Gasteiger partial charge on any atom is 0.321 e. The van der Waals surface area contributed by atoms with Gasteiger partial charge in [-0.1, -0.05) is 0 Å². The van der Waals surface area contributed by atoms with Gasteiger partial charge in [0.15, 0.2) is 0 Å². The van der Waals surface area contributed by atoms with Gasteiger partial charge >= 0.3 is 6.03 Å². The van der Waals surface area contributed by atoms with Crippen LogP contribution >= 0.6 is 0 Å². The third-order valence-electron chi connectivity index (χ3n) is 2.73. The minimum Gasteiger partial charge on any atom is -0.395 e. The topological polar surface area (TPSA) is 81.7 Å². The number of likely N-dealkylation sites (tertiary alicyclic amines) is 1. The Balaban J connectivity index is 2.31. The first-order valence-corrected chi connectivity index (χ1v) is 5.98. The molecular formula is C11H21N3O3. The number of urea groups is 1. The van der Waals surface area contributed by atoms with Gasteiger partial charge in [-0.25, -0.2) is 4.79 Å². The van der Waals surface area contributed by atoms with Gasteiger partial charge in [-0.15, -0.1) is 0 Å². The molecule has 98 valence electrons. The summed E-state index contributed by atoms with van der Waals surface area (Å²) in [5.74, 6) is -0.330. The third-order valence-corrected chi connectivity index (χ3v) is 2.73. The van der Waals surface area contributed by atoms with Gasteiger partial charge in [-0.05, 0) is 33.2 Å². The lowest BCUT2D eigenvalue weighted by molar-refractivity contribution is -0.121. The zero-order valence-corrected chi connectivity index (χ0v) is 10.4. The van der Waals surface area contributed by atoms with Crippen molar-refractivity contribution in [1.82, 2.24) is 15.5 Å². The van der Waals surface area contributed by atoms with Crippen molar-refractivity contribution >= 4 is 11.9 Å². The fourth-order valence-corrected chi connectivity index (χ4v) is 1.96. The normalized spacial score (nSPS) is 20.6. The van der Waals surface area contributed by atoms with Crippen LogP contribution in [0.2, 0.25) is 0 Å². The number of nitrogens with zero attached hydrogens (tertiary/aromatic N) is 1. The van der Waals surface area contributed by atoms with E-state index in [0.717, 1.165) is 19.4 Å². The third kappa shape index (κ3) is 4.70. The van der Waals surface area contributed by atoms with E-state index in [1.54, 1.807) is 0 Å². The van der Waals surface area contributed by atoms with Gasteiger partial charge < -0.3 is 10.4 Å². The molecule has 1 fully saturated rings. The van der Waals surface area contributed by atoms with Crippen LogP contribution in [-0.2, 0) is 4.79 Å². The zero-order valence-electron chi connectivity index (χ0n) is 10.4. The smallest absolute Gasteiger partial charge is 0.321 e. The highest BCUT2D eigenvalue weighted by molar-refractivity contribution is 5.95. The molecule has 0 aromatic rings. The Bertz CT molecular complexity index is 281. The van der Waals surface area contributed by atoms with Gasteiger partial charge in [0.2, 0.25) is 5.91 Å². The van der Waals surface area contributed by atoms with Crippen LogP contribution in [0.4, 0.5) is 4.79 Å². The molecule has 0 bridgehead atoms. The molecule has 6 nitrogen and oxygen atoms in total. The molecule has 1 aliphatic rings. The standard InChI is InChI=1S/C11H21N3O3/c1-8(2)12-11(17)13-10(16)6-14-5-3-4-9(14)7-15/h8-9,15H,3-7H2,1-2H3,(H2,12,13,16,17)/t9-/m0/s1. The van der Waals surface area contributed by atoms with Gasteiger partial charge in [0.25, 0.3) is 0 Å². The lowest BCUT2D eigenvalue weighted by Gasteiger charge is -2.21. The summed E-state index contributed by atoms with van der Waals surface area (Å²) >= 11 is 0. The molecule has 0 unspecified atom stereocenters. The van der Waals surface area contributed by atoms with Gasteiger partial charge in [0, 0.05) is 12.1 Å². The minimum atomic E-state index is -0.468. The molecule has 3 amide bonds. The lowest BCUT2D eigenvalue weighted by atomic mass is 10.2. The number of carbonyl (C=O) groups excluding carboxylic acids is 2. The van der Waals surface area contributed by atoms with Crippen LogP contribution in [0.5, 0.6) is 0 Å². The maximum atomic E-state index is 11.6. The molecule has 6 heteroatoms. The number of carbonyl (C=O) groups is 2. The van der Waals surface area contributed by atoms with Gasteiger partial charge in [0.1, 0.15) is 0 Å². The monoisotopic (exact) mass is 243 g/mol. The van der Waals surface area contributed by atoms with E-state index in [1.165, 1.54) is 0 Å². The fourth-order valence-electron chi connectivity index (χ4n) is 1.96. The van der Waals surface area contributed by atoms with E-state index in [-0.39, 0.29) is 31.1 Å². The fraction of sp³-hybridized carbons (Fsp3) is 0.818. The van der Waals surface area contributed by atoms with E-state index in [1.807, 2.05) is 18.7 Å². The number of hydrogen-bond donors (Lipinski definition) is 3. The van der Waals surface area contributed by atoms with Crippen molar-refractivity contribution in [2.24, 2.45) is 0 Å². The van der Waals surface area contributed by atoms with Crippen molar-refractivity contribution in [2.75, 3.05) is 19.7 Å². The Morgan fingerprint density at radius 2 is 2.18 bits per heavy atom. The van der Waals surface area contributed by atoms with Crippen LogP contribution < -0.4 is 10.6 Å². The number of hydrogen-bond acceptors (Lipinski definition) is 4. The SMILES string of the molecule is CC(C)NC(=O)NC(=O)CN1CCC[C@H]1CO.